The summed E-state index contributed by atoms with van der Waals surface area (Å²) in [5.41, 5.74) is 1.74. The van der Waals surface area contributed by atoms with Crippen molar-refractivity contribution < 1.29 is 17.6 Å². The summed E-state index contributed by atoms with van der Waals surface area (Å²) in [7, 11) is -3.54. The molecule has 8 heteroatoms. The second-order valence-corrected chi connectivity index (χ2v) is 9.68. The van der Waals surface area contributed by atoms with Crippen molar-refractivity contribution in [3.05, 3.63) is 53.8 Å². The number of halogens is 1. The van der Waals surface area contributed by atoms with Gasteiger partial charge in [0, 0.05) is 25.3 Å². The number of para-hydroxylation sites is 1. The molecule has 0 saturated carbocycles. The molecule has 0 spiro atoms. The Bertz CT molecular complexity index is 1040. The molecule has 2 aromatic carbocycles. The van der Waals surface area contributed by atoms with Crippen molar-refractivity contribution in [2.75, 3.05) is 36.4 Å². The number of nitrogens with zero attached hydrogens (tertiary/aromatic N) is 2. The van der Waals surface area contributed by atoms with Crippen LogP contribution in [0, 0.1) is 5.82 Å². The number of aryl methyl sites for hydroxylation is 1. The molecule has 1 amide bonds. The van der Waals surface area contributed by atoms with E-state index in [0.717, 1.165) is 37.7 Å². The number of carbonyl (C=O) groups excluding carboxylic acids is 1. The van der Waals surface area contributed by atoms with Crippen LogP contribution >= 0.6 is 0 Å². The minimum atomic E-state index is -3.54. The van der Waals surface area contributed by atoms with Gasteiger partial charge in [0.1, 0.15) is 5.82 Å². The van der Waals surface area contributed by atoms with Crippen molar-refractivity contribution in [1.82, 2.24) is 4.31 Å². The average Bonchev–Trinajstić information content (AvgIpc) is 2.78. The molecule has 0 radical (unpaired) electrons. The number of fused-ring (bicyclic) bond motifs is 1. The van der Waals surface area contributed by atoms with Gasteiger partial charge in [-0.25, -0.2) is 12.8 Å². The lowest BCUT2D eigenvalue weighted by Gasteiger charge is -2.30. The van der Waals surface area contributed by atoms with Crippen molar-refractivity contribution in [1.29, 1.82) is 0 Å². The number of anilines is 2. The van der Waals surface area contributed by atoms with Gasteiger partial charge in [0.05, 0.1) is 17.1 Å². The smallest absolute Gasteiger partial charge is 0.246 e. The van der Waals surface area contributed by atoms with Gasteiger partial charge in [-0.05, 0) is 55.5 Å². The van der Waals surface area contributed by atoms with Crippen molar-refractivity contribution in [2.45, 2.75) is 37.0 Å². The lowest BCUT2D eigenvalue weighted by Crippen LogP contribution is -2.39. The van der Waals surface area contributed by atoms with Crippen LogP contribution in [0.25, 0.3) is 0 Å². The van der Waals surface area contributed by atoms with Crippen LogP contribution in [0.3, 0.4) is 0 Å². The highest BCUT2D eigenvalue weighted by Crippen LogP contribution is 2.30. The zero-order valence-corrected chi connectivity index (χ0v) is 17.6. The van der Waals surface area contributed by atoms with E-state index >= 15 is 0 Å². The normalized spacial score (nSPS) is 17.4. The van der Waals surface area contributed by atoms with Crippen LogP contribution in [-0.4, -0.2) is 44.8 Å². The number of nitrogens with one attached hydrogen (secondary N) is 1. The van der Waals surface area contributed by atoms with Crippen molar-refractivity contribution >= 4 is 27.3 Å². The lowest BCUT2D eigenvalue weighted by atomic mass is 10.0. The summed E-state index contributed by atoms with van der Waals surface area (Å²) in [6, 6.07) is 11.4. The topological polar surface area (TPSA) is 69.7 Å². The van der Waals surface area contributed by atoms with Crippen LogP contribution in [0.15, 0.2) is 47.4 Å². The van der Waals surface area contributed by atoms with E-state index in [1.807, 2.05) is 6.07 Å². The van der Waals surface area contributed by atoms with Crippen LogP contribution < -0.4 is 10.2 Å². The zero-order chi connectivity index (χ0) is 21.1. The molecule has 0 atom stereocenters. The molecular formula is C22H26FN3O3S. The molecule has 2 aliphatic rings. The third-order valence-corrected chi connectivity index (χ3v) is 7.59. The van der Waals surface area contributed by atoms with Gasteiger partial charge in [-0.15, -0.1) is 0 Å². The van der Waals surface area contributed by atoms with Crippen molar-refractivity contribution in [2.24, 2.45) is 0 Å². The van der Waals surface area contributed by atoms with Crippen molar-refractivity contribution in [3.8, 4) is 0 Å². The number of piperidine rings is 1. The largest absolute Gasteiger partial charge is 0.376 e. The van der Waals surface area contributed by atoms with Crippen LogP contribution in [0.5, 0.6) is 0 Å². The van der Waals surface area contributed by atoms with E-state index in [4.69, 9.17) is 0 Å². The Morgan fingerprint density at radius 1 is 1.00 bits per heavy atom. The fourth-order valence-electron chi connectivity index (χ4n) is 4.15. The fraction of sp³-hybridized carbons (Fsp3) is 0.409. The molecule has 4 rings (SSSR count). The molecule has 2 aliphatic heterocycles. The second-order valence-electron chi connectivity index (χ2n) is 7.74. The summed E-state index contributed by atoms with van der Waals surface area (Å²) >= 11 is 0. The molecule has 0 bridgehead atoms. The highest BCUT2D eigenvalue weighted by Gasteiger charge is 2.27. The second kappa shape index (κ2) is 8.73. The molecular weight excluding hydrogens is 405 g/mol. The van der Waals surface area contributed by atoms with Crippen LogP contribution in [0.1, 0.15) is 31.2 Å². The number of hydrogen-bond acceptors (Lipinski definition) is 4. The minimum Gasteiger partial charge on any atom is -0.376 e. The Balaban J connectivity index is 1.46. The Kier molecular flexibility index (Phi) is 6.06. The van der Waals surface area contributed by atoms with Crippen LogP contribution in [0.2, 0.25) is 0 Å². The van der Waals surface area contributed by atoms with Gasteiger partial charge in [-0.2, -0.15) is 4.31 Å². The van der Waals surface area contributed by atoms with Gasteiger partial charge >= 0.3 is 0 Å². The number of hydrogen-bond donors (Lipinski definition) is 1. The highest BCUT2D eigenvalue weighted by atomic mass is 32.2. The summed E-state index contributed by atoms with van der Waals surface area (Å²) in [6.07, 6.45) is 4.33. The first kappa shape index (κ1) is 20.8. The summed E-state index contributed by atoms with van der Waals surface area (Å²) in [6.45, 7) is 1.51. The minimum absolute atomic E-state index is 0.0407. The Hall–Kier alpha value is -2.45. The van der Waals surface area contributed by atoms with Gasteiger partial charge in [-0.3, -0.25) is 4.79 Å². The molecule has 1 N–H and O–H groups in total. The number of benzene rings is 2. The molecule has 1 saturated heterocycles. The first-order valence-electron chi connectivity index (χ1n) is 10.4. The quantitative estimate of drug-likeness (QED) is 0.788. The van der Waals surface area contributed by atoms with Crippen molar-refractivity contribution in [3.63, 3.8) is 0 Å². The maximum Gasteiger partial charge on any atom is 0.246 e. The van der Waals surface area contributed by atoms with Gasteiger partial charge in [-0.1, -0.05) is 24.6 Å². The van der Waals surface area contributed by atoms with E-state index in [2.05, 4.69) is 5.32 Å². The monoisotopic (exact) mass is 431 g/mol. The predicted octanol–water partition coefficient (Wildman–Crippen LogP) is 3.39. The molecule has 2 aromatic rings. The molecule has 0 aliphatic carbocycles. The maximum atomic E-state index is 14.3. The number of sulfonamides is 1. The number of carbonyl (C=O) groups is 1. The molecule has 0 aromatic heterocycles. The van der Waals surface area contributed by atoms with Gasteiger partial charge < -0.3 is 10.2 Å². The Morgan fingerprint density at radius 3 is 2.57 bits per heavy atom. The molecule has 30 heavy (non-hydrogen) atoms. The maximum absolute atomic E-state index is 14.3. The molecule has 0 unspecified atom stereocenters. The van der Waals surface area contributed by atoms with Crippen LogP contribution in [0.4, 0.5) is 15.8 Å². The highest BCUT2D eigenvalue weighted by molar-refractivity contribution is 7.89. The van der Waals surface area contributed by atoms with E-state index in [1.165, 1.54) is 15.3 Å². The standard InChI is InChI=1S/C22H26FN3O3S/c23-20-11-4-7-17-8-6-14-26(22(17)20)21(27)16-24-18-9-5-10-19(15-18)30(28,29)25-12-2-1-3-13-25/h4-5,7,9-11,15,24H,1-3,6,8,12-14,16H2. The lowest BCUT2D eigenvalue weighted by molar-refractivity contribution is -0.117. The SMILES string of the molecule is O=C(CNc1cccc(S(=O)(=O)N2CCCCC2)c1)N1CCCc2cccc(F)c21. The van der Waals surface area contributed by atoms with E-state index in [0.29, 0.717) is 31.0 Å². The third kappa shape index (κ3) is 4.20. The van der Waals surface area contributed by atoms with E-state index in [9.17, 15) is 17.6 Å². The first-order valence-corrected chi connectivity index (χ1v) is 11.8. The zero-order valence-electron chi connectivity index (χ0n) is 16.8. The Morgan fingerprint density at radius 2 is 1.77 bits per heavy atom. The van der Waals surface area contributed by atoms with Crippen LogP contribution in [-0.2, 0) is 21.2 Å². The number of rotatable bonds is 5. The molecule has 2 heterocycles. The molecule has 6 nitrogen and oxygen atoms in total. The summed E-state index contributed by atoms with van der Waals surface area (Å²) in [5.74, 6) is -0.638. The summed E-state index contributed by atoms with van der Waals surface area (Å²) in [5, 5.41) is 3.01. The number of amides is 1. The first-order chi connectivity index (χ1) is 14.5. The van der Waals surface area contributed by atoms with Gasteiger partial charge in [0.25, 0.3) is 0 Å². The average molecular weight is 432 g/mol. The molecule has 160 valence electrons. The van der Waals surface area contributed by atoms with E-state index in [-0.39, 0.29) is 17.3 Å². The Labute approximate surface area is 176 Å². The third-order valence-electron chi connectivity index (χ3n) is 5.70. The predicted molar refractivity (Wildman–Crippen MR) is 115 cm³/mol. The fourth-order valence-corrected chi connectivity index (χ4v) is 5.71. The summed E-state index contributed by atoms with van der Waals surface area (Å²) in [4.78, 5) is 14.5. The van der Waals surface area contributed by atoms with E-state index in [1.54, 1.807) is 30.3 Å². The van der Waals surface area contributed by atoms with Gasteiger partial charge in [0.15, 0.2) is 0 Å². The van der Waals surface area contributed by atoms with Gasteiger partial charge in [0.2, 0.25) is 15.9 Å². The molecule has 1 fully saturated rings. The van der Waals surface area contributed by atoms with E-state index < -0.39 is 15.8 Å². The summed E-state index contributed by atoms with van der Waals surface area (Å²) < 4.78 is 41.6.